The molecule has 0 atom stereocenters. The van der Waals surface area contributed by atoms with Crippen LogP contribution >= 0.6 is 0 Å². The van der Waals surface area contributed by atoms with E-state index in [1.54, 1.807) is 0 Å². The van der Waals surface area contributed by atoms with E-state index in [1.165, 1.54) is 0 Å². The van der Waals surface area contributed by atoms with Gasteiger partial charge in [0.25, 0.3) is 0 Å². The second-order valence-corrected chi connectivity index (χ2v) is 1.83. The molecule has 0 heterocycles. The Balaban J connectivity index is 3.87. The lowest BCUT2D eigenvalue weighted by atomic mass is 10.3. The molecule has 0 aromatic carbocycles. The van der Waals surface area contributed by atoms with E-state index in [-0.39, 0.29) is 6.42 Å². The summed E-state index contributed by atoms with van der Waals surface area (Å²) >= 11 is 0. The Labute approximate surface area is 59.8 Å². The molecule has 0 unspecified atom stereocenters. The topological polar surface area (TPSA) is 78.3 Å². The van der Waals surface area contributed by atoms with Crippen molar-refractivity contribution >= 4 is 5.97 Å². The van der Waals surface area contributed by atoms with E-state index in [4.69, 9.17) is 11.5 Å². The number of carbonyl (C=O) groups is 1. The summed E-state index contributed by atoms with van der Waals surface area (Å²) in [5, 5.41) is 0. The van der Waals surface area contributed by atoms with Gasteiger partial charge in [0.2, 0.25) is 5.85 Å². The molecule has 4 heteroatoms. The Morgan fingerprint density at radius 3 is 2.50 bits per heavy atom. The van der Waals surface area contributed by atoms with Gasteiger partial charge in [-0.3, -0.25) is 11.5 Å². The van der Waals surface area contributed by atoms with Gasteiger partial charge in [-0.15, -0.1) is 0 Å². The fourth-order valence-corrected chi connectivity index (χ4v) is 0.280. The van der Waals surface area contributed by atoms with Gasteiger partial charge in [0.05, 0.1) is 0 Å². The van der Waals surface area contributed by atoms with Gasteiger partial charge in [0.15, 0.2) is 0 Å². The molecule has 4 N–H and O–H groups in total. The van der Waals surface area contributed by atoms with E-state index in [1.807, 2.05) is 0 Å². The molecule has 4 nitrogen and oxygen atoms in total. The van der Waals surface area contributed by atoms with Gasteiger partial charge in [0.1, 0.15) is 0 Å². The lowest BCUT2D eigenvalue weighted by Crippen LogP contribution is -2.52. The van der Waals surface area contributed by atoms with E-state index in [9.17, 15) is 4.79 Å². The number of hydrogen-bond donors (Lipinski definition) is 2. The smallest absolute Gasteiger partial charge is 0.332 e. The summed E-state index contributed by atoms with van der Waals surface area (Å²) in [7, 11) is 0. The van der Waals surface area contributed by atoms with Gasteiger partial charge in [-0.1, -0.05) is 6.58 Å². The Hall–Kier alpha value is -0.870. The zero-order valence-electron chi connectivity index (χ0n) is 5.67. The minimum absolute atomic E-state index is 0.118. The van der Waals surface area contributed by atoms with E-state index >= 15 is 0 Å². The van der Waals surface area contributed by atoms with Crippen LogP contribution in [-0.4, -0.2) is 11.8 Å². The molecule has 0 aliphatic heterocycles. The number of hydrogen-bond acceptors (Lipinski definition) is 4. The summed E-state index contributed by atoms with van der Waals surface area (Å²) in [4.78, 5) is 10.5. The van der Waals surface area contributed by atoms with Crippen molar-refractivity contribution < 1.29 is 9.53 Å². The lowest BCUT2D eigenvalue weighted by molar-refractivity contribution is -0.152. The molecule has 0 bridgehead atoms. The molecule has 0 aliphatic carbocycles. The average Bonchev–Trinajstić information content (AvgIpc) is 1.87. The summed E-state index contributed by atoms with van der Waals surface area (Å²) in [5.74, 6) is -2.11. The SMILES string of the molecule is [CH2]CC(N)(N)OC(=O)C=C. The number of carbonyl (C=O) groups excluding carboxylic acids is 1. The van der Waals surface area contributed by atoms with Crippen LogP contribution < -0.4 is 11.5 Å². The number of ether oxygens (including phenoxy) is 1. The molecular weight excluding hydrogens is 132 g/mol. The molecule has 0 saturated carbocycles. The molecule has 0 aromatic rings. The molecular formula is C6H11N2O2. The fraction of sp³-hybridized carbons (Fsp3) is 0.333. The van der Waals surface area contributed by atoms with Crippen molar-refractivity contribution in [3.05, 3.63) is 19.6 Å². The first-order valence-electron chi connectivity index (χ1n) is 2.74. The monoisotopic (exact) mass is 143 g/mol. The highest BCUT2D eigenvalue weighted by Gasteiger charge is 2.19. The first-order chi connectivity index (χ1) is 4.52. The highest BCUT2D eigenvalue weighted by atomic mass is 16.6. The highest BCUT2D eigenvalue weighted by Crippen LogP contribution is 1.98. The minimum atomic E-state index is -1.47. The largest absolute Gasteiger partial charge is 0.428 e. The zero-order valence-corrected chi connectivity index (χ0v) is 5.67. The van der Waals surface area contributed by atoms with Gasteiger partial charge in [-0.2, -0.15) is 0 Å². The van der Waals surface area contributed by atoms with Crippen LogP contribution in [0.4, 0.5) is 0 Å². The van der Waals surface area contributed by atoms with E-state index in [0.717, 1.165) is 6.08 Å². The lowest BCUT2D eigenvalue weighted by Gasteiger charge is -2.21. The first-order valence-corrected chi connectivity index (χ1v) is 2.74. The summed E-state index contributed by atoms with van der Waals surface area (Å²) < 4.78 is 4.47. The molecule has 57 valence electrons. The second kappa shape index (κ2) is 3.34. The van der Waals surface area contributed by atoms with Gasteiger partial charge in [-0.05, 0) is 6.92 Å². The second-order valence-electron chi connectivity index (χ2n) is 1.83. The van der Waals surface area contributed by atoms with Crippen LogP contribution in [0.5, 0.6) is 0 Å². The molecule has 0 aliphatic rings. The van der Waals surface area contributed by atoms with Gasteiger partial charge >= 0.3 is 5.97 Å². The summed E-state index contributed by atoms with van der Waals surface area (Å²) in [5.41, 5.74) is 10.4. The number of esters is 1. The molecule has 10 heavy (non-hydrogen) atoms. The van der Waals surface area contributed by atoms with Crippen LogP contribution in [-0.2, 0) is 9.53 Å². The maximum atomic E-state index is 10.5. The first kappa shape index (κ1) is 9.13. The van der Waals surface area contributed by atoms with E-state index < -0.39 is 11.8 Å². The molecule has 0 spiro atoms. The van der Waals surface area contributed by atoms with Crippen molar-refractivity contribution in [3.63, 3.8) is 0 Å². The Bertz CT molecular complexity index is 143. The third-order valence-corrected chi connectivity index (χ3v) is 0.848. The van der Waals surface area contributed by atoms with Crippen LogP contribution in [0.15, 0.2) is 12.7 Å². The maximum Gasteiger partial charge on any atom is 0.332 e. The Morgan fingerprint density at radius 1 is 1.70 bits per heavy atom. The third kappa shape index (κ3) is 3.21. The standard InChI is InChI=1S/C6H11N2O2/c1-3-5(9)10-6(7,8)4-2/h3H,1-2,4,7-8H2. The molecule has 0 aromatic heterocycles. The maximum absolute atomic E-state index is 10.5. The predicted octanol–water partition coefficient (Wildman–Crippen LogP) is -0.489. The number of nitrogens with two attached hydrogens (primary N) is 2. The van der Waals surface area contributed by atoms with Crippen molar-refractivity contribution in [2.75, 3.05) is 0 Å². The van der Waals surface area contributed by atoms with Gasteiger partial charge < -0.3 is 4.74 Å². The average molecular weight is 143 g/mol. The molecule has 1 radical (unpaired) electrons. The van der Waals surface area contributed by atoms with E-state index in [2.05, 4.69) is 18.2 Å². The summed E-state index contributed by atoms with van der Waals surface area (Å²) in [6.45, 7) is 6.56. The quantitative estimate of drug-likeness (QED) is 0.317. The number of rotatable bonds is 3. The molecule has 0 saturated heterocycles. The van der Waals surface area contributed by atoms with Crippen LogP contribution in [0, 0.1) is 6.92 Å². The van der Waals surface area contributed by atoms with Crippen LogP contribution in [0.1, 0.15) is 6.42 Å². The van der Waals surface area contributed by atoms with Crippen molar-refractivity contribution in [2.45, 2.75) is 12.3 Å². The van der Waals surface area contributed by atoms with Crippen molar-refractivity contribution in [3.8, 4) is 0 Å². The Morgan fingerprint density at radius 2 is 2.20 bits per heavy atom. The van der Waals surface area contributed by atoms with Crippen molar-refractivity contribution in [1.29, 1.82) is 0 Å². The van der Waals surface area contributed by atoms with Crippen LogP contribution in [0.25, 0.3) is 0 Å². The molecule has 0 fully saturated rings. The Kier molecular flexibility index (Phi) is 3.05. The summed E-state index contributed by atoms with van der Waals surface area (Å²) in [6.07, 6.45) is 1.11. The van der Waals surface area contributed by atoms with Gasteiger partial charge in [0, 0.05) is 12.5 Å². The van der Waals surface area contributed by atoms with E-state index in [0.29, 0.717) is 0 Å². The fourth-order valence-electron chi connectivity index (χ4n) is 0.280. The predicted molar refractivity (Wildman–Crippen MR) is 37.4 cm³/mol. The normalized spacial score (nSPS) is 10.7. The van der Waals surface area contributed by atoms with Crippen molar-refractivity contribution in [2.24, 2.45) is 11.5 Å². The highest BCUT2D eigenvalue weighted by molar-refractivity contribution is 5.81. The van der Waals surface area contributed by atoms with Gasteiger partial charge in [-0.25, -0.2) is 4.79 Å². The molecule has 0 rings (SSSR count). The van der Waals surface area contributed by atoms with Crippen LogP contribution in [0.3, 0.4) is 0 Å². The zero-order chi connectivity index (χ0) is 8.20. The minimum Gasteiger partial charge on any atom is -0.428 e. The third-order valence-electron chi connectivity index (χ3n) is 0.848. The van der Waals surface area contributed by atoms with Crippen molar-refractivity contribution in [1.82, 2.24) is 0 Å². The summed E-state index contributed by atoms with van der Waals surface area (Å²) in [6, 6.07) is 0. The molecule has 0 amide bonds. The van der Waals surface area contributed by atoms with Crippen LogP contribution in [0.2, 0.25) is 0 Å².